The Morgan fingerprint density at radius 3 is 2.70 bits per heavy atom. The fourth-order valence-corrected chi connectivity index (χ4v) is 4.75. The van der Waals surface area contributed by atoms with E-state index in [4.69, 9.17) is 5.73 Å². The first-order chi connectivity index (χ1) is 17.7. The number of hydrogen-bond donors (Lipinski definition) is 3. The standard InChI is InChI=1S/C25H24FN9O2/c1-12-16(9-29-24-23(12)32-34(3)25(24)37)15-6-13-7-18(28-10-17(13)22(27)21(15)26)30-19-8-14-4-5-33(2)20(36)11-35(14)31-19/h6-10,32H,4-5,11,27H2,1-3H3,(H,28,30,31). The molecule has 5 heterocycles. The molecule has 188 valence electrons. The summed E-state index contributed by atoms with van der Waals surface area (Å²) in [6.45, 7) is 2.62. The quantitative estimate of drug-likeness (QED) is 0.323. The van der Waals surface area contributed by atoms with Crippen LogP contribution in [0.15, 0.2) is 35.4 Å². The lowest BCUT2D eigenvalue weighted by Gasteiger charge is -2.13. The minimum Gasteiger partial charge on any atom is -0.396 e. The Morgan fingerprint density at radius 2 is 1.89 bits per heavy atom. The normalized spacial score (nSPS) is 13.8. The number of nitrogens with zero attached hydrogens (tertiary/aromatic N) is 6. The molecule has 4 N–H and O–H groups in total. The highest BCUT2D eigenvalue weighted by molar-refractivity contribution is 5.99. The molecule has 0 saturated heterocycles. The van der Waals surface area contributed by atoms with Crippen LogP contribution in [0.3, 0.4) is 0 Å². The van der Waals surface area contributed by atoms with Gasteiger partial charge in [-0.1, -0.05) is 0 Å². The minimum absolute atomic E-state index is 0.00445. The van der Waals surface area contributed by atoms with Gasteiger partial charge >= 0.3 is 0 Å². The number of benzene rings is 1. The molecule has 0 spiro atoms. The van der Waals surface area contributed by atoms with Crippen molar-refractivity contribution in [3.63, 3.8) is 0 Å². The van der Waals surface area contributed by atoms with Crippen LogP contribution in [-0.4, -0.2) is 53.9 Å². The molecular formula is C25H24FN9O2. The van der Waals surface area contributed by atoms with Crippen LogP contribution < -0.4 is 16.6 Å². The Morgan fingerprint density at radius 1 is 1.08 bits per heavy atom. The number of aryl methyl sites for hydroxylation is 2. The van der Waals surface area contributed by atoms with Crippen molar-refractivity contribution in [3.8, 4) is 11.1 Å². The molecule has 1 aliphatic heterocycles. The second kappa shape index (κ2) is 8.15. The van der Waals surface area contributed by atoms with Crippen LogP contribution in [0.5, 0.6) is 0 Å². The number of nitrogens with one attached hydrogen (secondary N) is 2. The number of aromatic amines is 1. The van der Waals surface area contributed by atoms with E-state index in [1.807, 2.05) is 6.07 Å². The summed E-state index contributed by atoms with van der Waals surface area (Å²) in [4.78, 5) is 34.8. The van der Waals surface area contributed by atoms with E-state index in [-0.39, 0.29) is 29.3 Å². The van der Waals surface area contributed by atoms with Gasteiger partial charge in [-0.25, -0.2) is 14.4 Å². The third-order valence-corrected chi connectivity index (χ3v) is 6.95. The summed E-state index contributed by atoms with van der Waals surface area (Å²) in [5.74, 6) is 0.488. The maximum atomic E-state index is 15.4. The van der Waals surface area contributed by atoms with Gasteiger partial charge in [0.05, 0.1) is 11.2 Å². The average molecular weight is 502 g/mol. The minimum atomic E-state index is -0.579. The lowest BCUT2D eigenvalue weighted by molar-refractivity contribution is -0.130. The van der Waals surface area contributed by atoms with Gasteiger partial charge < -0.3 is 16.0 Å². The number of nitrogen functional groups attached to an aromatic ring is 1. The van der Waals surface area contributed by atoms with Gasteiger partial charge in [0.1, 0.15) is 12.4 Å². The van der Waals surface area contributed by atoms with Gasteiger partial charge in [0.15, 0.2) is 17.2 Å². The van der Waals surface area contributed by atoms with Crippen molar-refractivity contribution < 1.29 is 9.18 Å². The molecule has 12 heteroatoms. The molecule has 4 aromatic heterocycles. The Bertz CT molecular complexity index is 1800. The molecular weight excluding hydrogens is 477 g/mol. The first-order valence-corrected chi connectivity index (χ1v) is 11.7. The highest BCUT2D eigenvalue weighted by atomic mass is 19.1. The lowest BCUT2D eigenvalue weighted by Crippen LogP contribution is -2.29. The van der Waals surface area contributed by atoms with Crippen molar-refractivity contribution in [1.29, 1.82) is 0 Å². The summed E-state index contributed by atoms with van der Waals surface area (Å²) in [7, 11) is 3.39. The fraction of sp³-hybridized carbons (Fsp3) is 0.240. The molecule has 0 unspecified atom stereocenters. The number of amides is 1. The van der Waals surface area contributed by atoms with Crippen molar-refractivity contribution in [1.82, 2.24) is 34.4 Å². The van der Waals surface area contributed by atoms with Gasteiger partial charge in [-0.05, 0) is 30.0 Å². The molecule has 0 bridgehead atoms. The van der Waals surface area contributed by atoms with Crippen molar-refractivity contribution in [2.24, 2.45) is 7.05 Å². The molecule has 0 fully saturated rings. The van der Waals surface area contributed by atoms with E-state index < -0.39 is 5.82 Å². The molecule has 11 nitrogen and oxygen atoms in total. The summed E-state index contributed by atoms with van der Waals surface area (Å²) >= 11 is 0. The van der Waals surface area contributed by atoms with Crippen LogP contribution in [0.2, 0.25) is 0 Å². The molecule has 37 heavy (non-hydrogen) atoms. The highest BCUT2D eigenvalue weighted by Crippen LogP contribution is 2.36. The number of anilines is 3. The lowest BCUT2D eigenvalue weighted by atomic mass is 9.97. The third kappa shape index (κ3) is 3.60. The van der Waals surface area contributed by atoms with Crippen LogP contribution in [0, 0.1) is 12.7 Å². The number of hydrogen-bond acceptors (Lipinski definition) is 7. The number of aromatic nitrogens is 6. The molecule has 6 rings (SSSR count). The zero-order chi connectivity index (χ0) is 26.0. The largest absolute Gasteiger partial charge is 0.396 e. The van der Waals surface area contributed by atoms with E-state index >= 15 is 4.39 Å². The SMILES string of the molecule is Cc1c(-c2cc3cc(Nc4cc5n(n4)CC(=O)N(C)CC5)ncc3c(N)c2F)cnc2c(=O)n(C)[nH]c12. The maximum absolute atomic E-state index is 15.4. The van der Waals surface area contributed by atoms with Gasteiger partial charge in [-0.2, -0.15) is 5.10 Å². The van der Waals surface area contributed by atoms with Crippen LogP contribution >= 0.6 is 0 Å². The van der Waals surface area contributed by atoms with Crippen LogP contribution in [0.25, 0.3) is 32.9 Å². The molecule has 1 amide bonds. The number of rotatable bonds is 3. The second-order valence-corrected chi connectivity index (χ2v) is 9.31. The third-order valence-electron chi connectivity index (χ3n) is 6.95. The number of carbonyl (C=O) groups is 1. The van der Waals surface area contributed by atoms with E-state index in [0.717, 1.165) is 5.69 Å². The van der Waals surface area contributed by atoms with Crippen molar-refractivity contribution in [3.05, 3.63) is 58.0 Å². The van der Waals surface area contributed by atoms with Crippen LogP contribution in [-0.2, 0) is 24.8 Å². The van der Waals surface area contributed by atoms with Gasteiger partial charge in [0.2, 0.25) is 5.91 Å². The molecule has 0 aliphatic carbocycles. The molecule has 1 aliphatic rings. The first-order valence-electron chi connectivity index (χ1n) is 11.7. The van der Waals surface area contributed by atoms with Gasteiger partial charge in [-0.15, -0.1) is 0 Å². The Hall–Kier alpha value is -4.74. The molecule has 5 aromatic rings. The zero-order valence-electron chi connectivity index (χ0n) is 20.5. The highest BCUT2D eigenvalue weighted by Gasteiger charge is 2.21. The molecule has 0 radical (unpaired) electrons. The average Bonchev–Trinajstić information content (AvgIpc) is 3.35. The van der Waals surface area contributed by atoms with Gasteiger partial charge in [0.25, 0.3) is 5.56 Å². The van der Waals surface area contributed by atoms with Gasteiger partial charge in [0, 0.05) is 67.7 Å². The van der Waals surface area contributed by atoms with Crippen LogP contribution in [0.1, 0.15) is 11.3 Å². The maximum Gasteiger partial charge on any atom is 0.292 e. The number of carbonyl (C=O) groups excluding carboxylic acids is 1. The molecule has 0 atom stereocenters. The summed E-state index contributed by atoms with van der Waals surface area (Å²) in [6.07, 6.45) is 3.71. The summed E-state index contributed by atoms with van der Waals surface area (Å²) in [5.41, 5.74) is 9.19. The predicted molar refractivity (Wildman–Crippen MR) is 138 cm³/mol. The summed E-state index contributed by atoms with van der Waals surface area (Å²) in [6, 6.07) is 5.36. The van der Waals surface area contributed by atoms with Crippen molar-refractivity contribution in [2.75, 3.05) is 24.6 Å². The van der Waals surface area contributed by atoms with Crippen LogP contribution in [0.4, 0.5) is 21.7 Å². The van der Waals surface area contributed by atoms with E-state index in [1.165, 1.54) is 17.1 Å². The predicted octanol–water partition coefficient (Wildman–Crippen LogP) is 2.46. The summed E-state index contributed by atoms with van der Waals surface area (Å²) < 4.78 is 18.5. The Kier molecular flexibility index (Phi) is 5.00. The van der Waals surface area contributed by atoms with E-state index in [2.05, 4.69) is 25.5 Å². The van der Waals surface area contributed by atoms with E-state index in [0.29, 0.717) is 57.5 Å². The zero-order valence-corrected chi connectivity index (χ0v) is 20.5. The first kappa shape index (κ1) is 22.7. The van der Waals surface area contributed by atoms with E-state index in [1.54, 1.807) is 42.7 Å². The number of H-pyrrole nitrogens is 1. The monoisotopic (exact) mass is 501 g/mol. The number of halogens is 1. The fourth-order valence-electron chi connectivity index (χ4n) is 4.75. The topological polar surface area (TPSA) is 140 Å². The number of fused-ring (bicyclic) bond motifs is 3. The Balaban J connectivity index is 1.40. The van der Waals surface area contributed by atoms with Crippen molar-refractivity contribution >= 4 is 45.0 Å². The molecule has 1 aromatic carbocycles. The number of likely N-dealkylation sites (N-methyl/N-ethyl adjacent to an activating group) is 1. The summed E-state index contributed by atoms with van der Waals surface area (Å²) in [5, 5.41) is 11.8. The Labute approximate surface area is 209 Å². The van der Waals surface area contributed by atoms with Crippen molar-refractivity contribution in [2.45, 2.75) is 19.9 Å². The number of nitrogens with two attached hydrogens (primary N) is 1. The smallest absolute Gasteiger partial charge is 0.292 e. The van der Waals surface area contributed by atoms with Gasteiger partial charge in [-0.3, -0.25) is 24.1 Å². The second-order valence-electron chi connectivity index (χ2n) is 9.31. The van der Waals surface area contributed by atoms with E-state index in [9.17, 15) is 9.59 Å². The molecule has 0 saturated carbocycles. The number of pyridine rings is 2.